The molecule has 0 fully saturated rings. The van der Waals surface area contributed by atoms with Gasteiger partial charge in [0.15, 0.2) is 0 Å². The fourth-order valence-electron chi connectivity index (χ4n) is 1.56. The lowest BCUT2D eigenvalue weighted by Crippen LogP contribution is -2.34. The van der Waals surface area contributed by atoms with Crippen LogP contribution in [0, 0.1) is 0 Å². The zero-order chi connectivity index (χ0) is 14.3. The summed E-state index contributed by atoms with van der Waals surface area (Å²) in [6.07, 6.45) is 0.195. The van der Waals surface area contributed by atoms with Crippen molar-refractivity contribution in [1.82, 2.24) is 0 Å². The topological polar surface area (TPSA) is 78.6 Å². The first-order chi connectivity index (χ1) is 9.00. The Morgan fingerprint density at radius 1 is 1.32 bits per heavy atom. The summed E-state index contributed by atoms with van der Waals surface area (Å²) in [5, 5.41) is 0. The summed E-state index contributed by atoms with van der Waals surface area (Å²) < 4.78 is 23.1. The van der Waals surface area contributed by atoms with E-state index in [4.69, 9.17) is 14.8 Å². The maximum Gasteiger partial charge on any atom is 0.381 e. The van der Waals surface area contributed by atoms with E-state index < -0.39 is 13.6 Å². The first-order valence-electron chi connectivity index (χ1n) is 6.27. The van der Waals surface area contributed by atoms with Crippen LogP contribution in [0.3, 0.4) is 0 Å². The number of nitrogens with two attached hydrogens (primary N) is 1. The molecule has 5 nitrogen and oxygen atoms in total. The van der Waals surface area contributed by atoms with Gasteiger partial charge in [0.05, 0.1) is 18.8 Å². The Morgan fingerprint density at radius 2 is 1.95 bits per heavy atom. The maximum atomic E-state index is 12.5. The van der Waals surface area contributed by atoms with Gasteiger partial charge in [0.1, 0.15) is 11.5 Å². The van der Waals surface area contributed by atoms with Crippen LogP contribution in [0.5, 0.6) is 5.75 Å². The molecule has 6 heteroatoms. The summed E-state index contributed by atoms with van der Waals surface area (Å²) in [5.41, 5.74) is 5.72. The van der Waals surface area contributed by atoms with E-state index in [1.165, 1.54) is 0 Å². The molecule has 106 valence electrons. The van der Waals surface area contributed by atoms with Crippen LogP contribution in [0.1, 0.15) is 20.3 Å². The predicted octanol–water partition coefficient (Wildman–Crippen LogP) is 2.60. The van der Waals surface area contributed by atoms with Crippen molar-refractivity contribution < 1.29 is 18.4 Å². The zero-order valence-corrected chi connectivity index (χ0v) is 12.1. The third kappa shape index (κ3) is 5.15. The highest BCUT2D eigenvalue weighted by molar-refractivity contribution is 7.54. The molecule has 0 aliphatic carbocycles. The fourth-order valence-corrected chi connectivity index (χ4v) is 3.31. The first-order valence-corrected chi connectivity index (χ1v) is 8.00. The van der Waals surface area contributed by atoms with Crippen LogP contribution in [0.25, 0.3) is 0 Å². The van der Waals surface area contributed by atoms with Crippen molar-refractivity contribution in [3.8, 4) is 5.75 Å². The van der Waals surface area contributed by atoms with Crippen LogP contribution in [0.2, 0.25) is 0 Å². The minimum atomic E-state index is -3.41. The minimum Gasteiger partial charge on any atom is -0.424 e. The largest absolute Gasteiger partial charge is 0.424 e. The molecule has 0 aliphatic heterocycles. The van der Waals surface area contributed by atoms with Gasteiger partial charge in [-0.05, 0) is 19.1 Å². The van der Waals surface area contributed by atoms with Crippen molar-refractivity contribution in [1.29, 1.82) is 0 Å². The van der Waals surface area contributed by atoms with Crippen molar-refractivity contribution in [2.45, 2.75) is 26.3 Å². The number of ketones is 1. The lowest BCUT2D eigenvalue weighted by Gasteiger charge is -2.21. The van der Waals surface area contributed by atoms with Crippen LogP contribution in [-0.2, 0) is 13.9 Å². The summed E-state index contributed by atoms with van der Waals surface area (Å²) in [5.74, 6) is 0.284. The van der Waals surface area contributed by atoms with Crippen LogP contribution in [0.15, 0.2) is 30.3 Å². The molecule has 0 aromatic heterocycles. The molecule has 2 N–H and O–H groups in total. The minimum absolute atomic E-state index is 0.109. The van der Waals surface area contributed by atoms with Gasteiger partial charge < -0.3 is 14.8 Å². The van der Waals surface area contributed by atoms with Gasteiger partial charge >= 0.3 is 7.60 Å². The molecule has 1 aromatic rings. The molecule has 1 unspecified atom stereocenters. The van der Waals surface area contributed by atoms with Crippen LogP contribution in [0.4, 0.5) is 0 Å². The molecule has 0 spiro atoms. The second-order valence-corrected chi connectivity index (χ2v) is 6.07. The van der Waals surface area contributed by atoms with Crippen LogP contribution < -0.4 is 10.3 Å². The Morgan fingerprint density at radius 3 is 2.47 bits per heavy atom. The summed E-state index contributed by atoms with van der Waals surface area (Å²) in [7, 11) is -3.41. The van der Waals surface area contributed by atoms with Gasteiger partial charge in [0.25, 0.3) is 0 Å². The second-order valence-electron chi connectivity index (χ2n) is 4.04. The molecule has 0 bridgehead atoms. The highest BCUT2D eigenvalue weighted by Gasteiger charge is 2.31. The van der Waals surface area contributed by atoms with Crippen LogP contribution in [-0.4, -0.2) is 24.6 Å². The third-order valence-electron chi connectivity index (χ3n) is 2.50. The van der Waals surface area contributed by atoms with Crippen molar-refractivity contribution in [3.05, 3.63) is 30.3 Å². The molecule has 0 amide bonds. The van der Waals surface area contributed by atoms with Crippen molar-refractivity contribution in [3.63, 3.8) is 0 Å². The van der Waals surface area contributed by atoms with Gasteiger partial charge in [-0.15, -0.1) is 0 Å². The Balaban J connectivity index is 2.79. The number of carbonyl (C=O) groups is 1. The molecule has 0 aliphatic rings. The van der Waals surface area contributed by atoms with E-state index >= 15 is 0 Å². The highest BCUT2D eigenvalue weighted by atomic mass is 31.2. The molecule has 2 atom stereocenters. The van der Waals surface area contributed by atoms with E-state index in [-0.39, 0.29) is 18.6 Å². The van der Waals surface area contributed by atoms with Crippen molar-refractivity contribution in [2.24, 2.45) is 5.73 Å². The van der Waals surface area contributed by atoms with E-state index in [0.717, 1.165) is 0 Å². The maximum absolute atomic E-state index is 12.5. The molecule has 0 saturated carbocycles. The fraction of sp³-hybridized carbons (Fsp3) is 0.462. The van der Waals surface area contributed by atoms with E-state index in [1.807, 2.05) is 6.07 Å². The molecule has 0 heterocycles. The molecular formula is C13H20NO4P. The zero-order valence-electron chi connectivity index (χ0n) is 11.2. The van der Waals surface area contributed by atoms with Gasteiger partial charge in [0, 0.05) is 6.42 Å². The Kier molecular flexibility index (Phi) is 6.22. The smallest absolute Gasteiger partial charge is 0.381 e. The number of hydrogen-bond acceptors (Lipinski definition) is 5. The van der Waals surface area contributed by atoms with Gasteiger partial charge in [-0.3, -0.25) is 4.79 Å². The average molecular weight is 285 g/mol. The number of carbonyl (C=O) groups excluding carboxylic acids is 1. The molecule has 0 radical (unpaired) electrons. The number of Topliss-reactive ketones (excluding diaryl/α,β-unsaturated/α-hetero) is 1. The van der Waals surface area contributed by atoms with Gasteiger partial charge in [0.2, 0.25) is 0 Å². The number of para-hydroxylation sites is 1. The van der Waals surface area contributed by atoms with Crippen LogP contribution >= 0.6 is 7.60 Å². The summed E-state index contributed by atoms with van der Waals surface area (Å²) in [4.78, 5) is 11.5. The standard InChI is InChI=1S/C13H20NO4P/c1-3-13(15)12(14)10-19(16,17-4-2)18-11-8-6-5-7-9-11/h5-9,12H,3-4,10,14H2,1-2H3/t12-,19?/m1/s1. The van der Waals surface area contributed by atoms with E-state index in [2.05, 4.69) is 0 Å². The predicted molar refractivity (Wildman–Crippen MR) is 74.4 cm³/mol. The lowest BCUT2D eigenvalue weighted by atomic mass is 10.2. The SMILES string of the molecule is CCOP(=O)(C[C@@H](N)C(=O)CC)Oc1ccccc1. The van der Waals surface area contributed by atoms with Gasteiger partial charge in [-0.1, -0.05) is 25.1 Å². The monoisotopic (exact) mass is 285 g/mol. The van der Waals surface area contributed by atoms with E-state index in [0.29, 0.717) is 12.2 Å². The van der Waals surface area contributed by atoms with Crippen molar-refractivity contribution in [2.75, 3.05) is 12.8 Å². The summed E-state index contributed by atoms with van der Waals surface area (Å²) in [6.45, 7) is 3.66. The van der Waals surface area contributed by atoms with E-state index in [1.54, 1.807) is 38.1 Å². The molecular weight excluding hydrogens is 265 g/mol. The molecule has 19 heavy (non-hydrogen) atoms. The average Bonchev–Trinajstić information content (AvgIpc) is 2.38. The number of hydrogen-bond donors (Lipinski definition) is 1. The van der Waals surface area contributed by atoms with Gasteiger partial charge in [-0.25, -0.2) is 4.57 Å². The third-order valence-corrected chi connectivity index (χ3v) is 4.48. The summed E-state index contributed by atoms with van der Waals surface area (Å²) in [6, 6.07) is 7.89. The summed E-state index contributed by atoms with van der Waals surface area (Å²) >= 11 is 0. The highest BCUT2D eigenvalue weighted by Crippen LogP contribution is 2.48. The Labute approximate surface area is 113 Å². The second kappa shape index (κ2) is 7.43. The lowest BCUT2D eigenvalue weighted by molar-refractivity contribution is -0.119. The number of benzene rings is 1. The molecule has 1 aromatic carbocycles. The quantitative estimate of drug-likeness (QED) is 0.743. The van der Waals surface area contributed by atoms with Gasteiger partial charge in [-0.2, -0.15) is 0 Å². The normalized spacial score (nSPS) is 15.5. The Bertz CT molecular complexity index is 449. The Hall–Kier alpha value is -1.16. The molecule has 1 rings (SSSR count). The van der Waals surface area contributed by atoms with Crippen molar-refractivity contribution >= 4 is 13.4 Å². The molecule has 0 saturated heterocycles. The first kappa shape index (κ1) is 15.9. The number of rotatable bonds is 8. The van der Waals surface area contributed by atoms with E-state index in [9.17, 15) is 9.36 Å².